The molecule has 0 amide bonds. The van der Waals surface area contributed by atoms with E-state index < -0.39 is 6.04 Å². The van der Waals surface area contributed by atoms with Gasteiger partial charge < -0.3 is 4.74 Å². The summed E-state index contributed by atoms with van der Waals surface area (Å²) in [5, 5.41) is 3.31. The van der Waals surface area contributed by atoms with Crippen molar-refractivity contribution in [1.29, 1.82) is 0 Å². The van der Waals surface area contributed by atoms with Gasteiger partial charge in [0.05, 0.1) is 7.11 Å². The maximum Gasteiger partial charge on any atom is 0.327 e. The standard InChI is InChI=1S/C18H21NO2/c1-13-8-7-9-14(2)16(13)12-19-17(18(20)21-3)15-10-5-4-6-11-15/h4-11,17,19H,12H2,1-3H3. The highest BCUT2D eigenvalue weighted by atomic mass is 16.5. The summed E-state index contributed by atoms with van der Waals surface area (Å²) in [6.45, 7) is 4.80. The van der Waals surface area contributed by atoms with Crippen LogP contribution in [0.25, 0.3) is 0 Å². The number of methoxy groups -OCH3 is 1. The third-order valence-electron chi connectivity index (χ3n) is 3.70. The van der Waals surface area contributed by atoms with Crippen molar-refractivity contribution < 1.29 is 9.53 Å². The van der Waals surface area contributed by atoms with Crippen molar-refractivity contribution in [2.45, 2.75) is 26.4 Å². The number of ether oxygens (including phenoxy) is 1. The largest absolute Gasteiger partial charge is 0.468 e. The van der Waals surface area contributed by atoms with Gasteiger partial charge in [-0.15, -0.1) is 0 Å². The fourth-order valence-electron chi connectivity index (χ4n) is 2.43. The second-order valence-corrected chi connectivity index (χ2v) is 5.12. The molecule has 0 aliphatic carbocycles. The molecule has 0 fully saturated rings. The lowest BCUT2D eigenvalue weighted by Crippen LogP contribution is -2.29. The normalized spacial score (nSPS) is 12.0. The van der Waals surface area contributed by atoms with E-state index in [1.54, 1.807) is 0 Å². The summed E-state index contributed by atoms with van der Waals surface area (Å²) >= 11 is 0. The second kappa shape index (κ2) is 7.04. The van der Waals surface area contributed by atoms with Gasteiger partial charge in [-0.2, -0.15) is 0 Å². The molecule has 0 aromatic heterocycles. The summed E-state index contributed by atoms with van der Waals surface area (Å²) in [5.74, 6) is -0.271. The number of benzene rings is 2. The Morgan fingerprint density at radius 3 is 2.24 bits per heavy atom. The molecule has 2 aromatic carbocycles. The number of hydrogen-bond donors (Lipinski definition) is 1. The Hall–Kier alpha value is -2.13. The van der Waals surface area contributed by atoms with Gasteiger partial charge in [0, 0.05) is 6.54 Å². The highest BCUT2D eigenvalue weighted by molar-refractivity contribution is 5.77. The first-order valence-corrected chi connectivity index (χ1v) is 7.04. The van der Waals surface area contributed by atoms with E-state index in [-0.39, 0.29) is 5.97 Å². The SMILES string of the molecule is COC(=O)C(NCc1c(C)cccc1C)c1ccccc1. The number of nitrogens with one attached hydrogen (secondary N) is 1. The zero-order valence-electron chi connectivity index (χ0n) is 12.7. The van der Waals surface area contributed by atoms with Gasteiger partial charge >= 0.3 is 5.97 Å². The molecule has 1 atom stereocenters. The molecule has 0 heterocycles. The lowest BCUT2D eigenvalue weighted by Gasteiger charge is -2.18. The molecule has 110 valence electrons. The molecule has 0 spiro atoms. The van der Waals surface area contributed by atoms with Crippen LogP contribution in [0.15, 0.2) is 48.5 Å². The summed E-state index contributed by atoms with van der Waals surface area (Å²) in [6, 6.07) is 15.4. The number of carbonyl (C=O) groups excluding carboxylic acids is 1. The van der Waals surface area contributed by atoms with E-state index in [9.17, 15) is 4.79 Å². The van der Waals surface area contributed by atoms with Gasteiger partial charge in [-0.3, -0.25) is 5.32 Å². The van der Waals surface area contributed by atoms with E-state index in [1.165, 1.54) is 23.8 Å². The van der Waals surface area contributed by atoms with Crippen LogP contribution < -0.4 is 5.32 Å². The molecular weight excluding hydrogens is 262 g/mol. The zero-order chi connectivity index (χ0) is 15.2. The van der Waals surface area contributed by atoms with Crippen LogP contribution in [0.5, 0.6) is 0 Å². The first kappa shape index (κ1) is 15.3. The minimum atomic E-state index is -0.449. The average molecular weight is 283 g/mol. The highest BCUT2D eigenvalue weighted by Gasteiger charge is 2.20. The lowest BCUT2D eigenvalue weighted by molar-refractivity contribution is -0.143. The average Bonchev–Trinajstić information content (AvgIpc) is 2.50. The fourth-order valence-corrected chi connectivity index (χ4v) is 2.43. The third-order valence-corrected chi connectivity index (χ3v) is 3.70. The van der Waals surface area contributed by atoms with E-state index in [0.29, 0.717) is 6.54 Å². The molecule has 0 saturated carbocycles. The van der Waals surface area contributed by atoms with Crippen LogP contribution in [0.1, 0.15) is 28.3 Å². The van der Waals surface area contributed by atoms with Crippen LogP contribution in [-0.4, -0.2) is 13.1 Å². The number of carbonyl (C=O) groups is 1. The molecular formula is C18H21NO2. The maximum atomic E-state index is 12.0. The van der Waals surface area contributed by atoms with Crippen LogP contribution in [-0.2, 0) is 16.1 Å². The Labute approximate surface area is 126 Å². The van der Waals surface area contributed by atoms with Crippen LogP contribution >= 0.6 is 0 Å². The van der Waals surface area contributed by atoms with Crippen molar-refractivity contribution in [3.63, 3.8) is 0 Å². The van der Waals surface area contributed by atoms with Crippen LogP contribution in [0.3, 0.4) is 0 Å². The molecule has 2 aromatic rings. The molecule has 1 unspecified atom stereocenters. The zero-order valence-corrected chi connectivity index (χ0v) is 12.7. The summed E-state index contributed by atoms with van der Waals surface area (Å²) in [7, 11) is 1.42. The van der Waals surface area contributed by atoms with E-state index in [1.807, 2.05) is 36.4 Å². The van der Waals surface area contributed by atoms with Gasteiger partial charge in [-0.1, -0.05) is 48.5 Å². The van der Waals surface area contributed by atoms with Gasteiger partial charge in [0.25, 0.3) is 0 Å². The van der Waals surface area contributed by atoms with E-state index >= 15 is 0 Å². The Kier molecular flexibility index (Phi) is 5.12. The summed E-state index contributed by atoms with van der Waals surface area (Å²) in [5.41, 5.74) is 4.58. The molecule has 0 bridgehead atoms. The Morgan fingerprint density at radius 2 is 1.67 bits per heavy atom. The molecule has 0 saturated heterocycles. The Bertz CT molecular complexity index is 588. The first-order chi connectivity index (χ1) is 10.1. The first-order valence-electron chi connectivity index (χ1n) is 7.04. The molecule has 21 heavy (non-hydrogen) atoms. The summed E-state index contributed by atoms with van der Waals surface area (Å²) < 4.78 is 4.91. The molecule has 3 nitrogen and oxygen atoms in total. The van der Waals surface area contributed by atoms with Crippen LogP contribution in [0.4, 0.5) is 0 Å². The topological polar surface area (TPSA) is 38.3 Å². The predicted molar refractivity (Wildman–Crippen MR) is 84.0 cm³/mol. The summed E-state index contributed by atoms with van der Waals surface area (Å²) in [4.78, 5) is 12.0. The van der Waals surface area contributed by atoms with Crippen molar-refractivity contribution in [3.8, 4) is 0 Å². The fraction of sp³-hybridized carbons (Fsp3) is 0.278. The van der Waals surface area contributed by atoms with E-state index in [4.69, 9.17) is 4.74 Å². The molecule has 0 aliphatic heterocycles. The van der Waals surface area contributed by atoms with Crippen molar-refractivity contribution in [3.05, 3.63) is 70.8 Å². The third kappa shape index (κ3) is 3.70. The van der Waals surface area contributed by atoms with Gasteiger partial charge in [0.15, 0.2) is 0 Å². The van der Waals surface area contributed by atoms with Crippen LogP contribution in [0, 0.1) is 13.8 Å². The molecule has 2 rings (SSSR count). The Morgan fingerprint density at radius 1 is 1.05 bits per heavy atom. The number of rotatable bonds is 5. The highest BCUT2D eigenvalue weighted by Crippen LogP contribution is 2.18. The molecule has 0 aliphatic rings. The van der Waals surface area contributed by atoms with Crippen molar-refractivity contribution in [2.24, 2.45) is 0 Å². The summed E-state index contributed by atoms with van der Waals surface area (Å²) in [6.07, 6.45) is 0. The maximum absolute atomic E-state index is 12.0. The van der Waals surface area contributed by atoms with Crippen molar-refractivity contribution in [2.75, 3.05) is 7.11 Å². The van der Waals surface area contributed by atoms with E-state index in [0.717, 1.165) is 5.56 Å². The van der Waals surface area contributed by atoms with Crippen molar-refractivity contribution in [1.82, 2.24) is 5.32 Å². The van der Waals surface area contributed by atoms with Crippen LogP contribution in [0.2, 0.25) is 0 Å². The number of esters is 1. The molecule has 3 heteroatoms. The lowest BCUT2D eigenvalue weighted by atomic mass is 10.0. The number of hydrogen-bond acceptors (Lipinski definition) is 3. The predicted octanol–water partition coefficient (Wildman–Crippen LogP) is 3.31. The molecule has 0 radical (unpaired) electrons. The van der Waals surface area contributed by atoms with E-state index in [2.05, 4.69) is 31.3 Å². The van der Waals surface area contributed by atoms with Gasteiger partial charge in [-0.25, -0.2) is 4.79 Å². The quantitative estimate of drug-likeness (QED) is 0.856. The number of aryl methyl sites for hydroxylation is 2. The van der Waals surface area contributed by atoms with Crippen molar-refractivity contribution >= 4 is 5.97 Å². The minimum absolute atomic E-state index is 0.271. The monoisotopic (exact) mass is 283 g/mol. The molecule has 1 N–H and O–H groups in total. The Balaban J connectivity index is 2.19. The van der Waals surface area contributed by atoms with Gasteiger partial charge in [-0.05, 0) is 36.1 Å². The minimum Gasteiger partial charge on any atom is -0.468 e. The van der Waals surface area contributed by atoms with Gasteiger partial charge in [0.1, 0.15) is 6.04 Å². The second-order valence-electron chi connectivity index (χ2n) is 5.12. The smallest absolute Gasteiger partial charge is 0.327 e. The van der Waals surface area contributed by atoms with Gasteiger partial charge in [0.2, 0.25) is 0 Å².